The van der Waals surface area contributed by atoms with Gasteiger partial charge in [0.15, 0.2) is 0 Å². The van der Waals surface area contributed by atoms with Crippen molar-refractivity contribution in [2.75, 3.05) is 5.75 Å². The van der Waals surface area contributed by atoms with Gasteiger partial charge in [0.1, 0.15) is 16.2 Å². The molecule has 124 valence electrons. The second-order valence-electron chi connectivity index (χ2n) is 4.74. The van der Waals surface area contributed by atoms with Crippen molar-refractivity contribution in [3.05, 3.63) is 33.9 Å². The molecule has 3 rings (SSSR count). The molecular weight excluding hydrogens is 366 g/mol. The molecule has 0 aliphatic carbocycles. The van der Waals surface area contributed by atoms with E-state index in [2.05, 4.69) is 25.8 Å². The van der Waals surface area contributed by atoms with Crippen LogP contribution >= 0.6 is 34.4 Å². The molecule has 0 bridgehead atoms. The van der Waals surface area contributed by atoms with Crippen LogP contribution in [0.2, 0.25) is 0 Å². The maximum Gasteiger partial charge on any atom is 0.248 e. The summed E-state index contributed by atoms with van der Waals surface area (Å²) in [6.07, 6.45) is 1.62. The molecule has 0 saturated heterocycles. The Labute approximate surface area is 149 Å². The fraction of sp³-hybridized carbons (Fsp3) is 0.214. The fourth-order valence-electron chi connectivity index (χ4n) is 1.89. The van der Waals surface area contributed by atoms with Crippen LogP contribution in [-0.2, 0) is 16.0 Å². The van der Waals surface area contributed by atoms with Crippen LogP contribution < -0.4 is 10.9 Å². The number of hydrogen-bond acceptors (Lipinski definition) is 8. The fourth-order valence-corrected chi connectivity index (χ4v) is 4.08. The summed E-state index contributed by atoms with van der Waals surface area (Å²) in [5.41, 5.74) is 5.48. The van der Waals surface area contributed by atoms with Gasteiger partial charge in [0, 0.05) is 10.8 Å². The molecule has 0 radical (unpaired) electrons. The number of fused-ring (bicyclic) bond motifs is 1. The van der Waals surface area contributed by atoms with Crippen LogP contribution in [0.15, 0.2) is 28.2 Å². The first-order valence-corrected chi connectivity index (χ1v) is 9.66. The molecule has 0 saturated carbocycles. The Kier molecular flexibility index (Phi) is 5.38. The smallest absolute Gasteiger partial charge is 0.248 e. The van der Waals surface area contributed by atoms with E-state index in [1.807, 2.05) is 23.8 Å². The topological polar surface area (TPSA) is 96.9 Å². The molecular formula is C14H13N5O2S3. The summed E-state index contributed by atoms with van der Waals surface area (Å²) >= 11 is 4.31. The third kappa shape index (κ3) is 4.28. The lowest BCUT2D eigenvalue weighted by Gasteiger charge is -2.06. The van der Waals surface area contributed by atoms with Gasteiger partial charge in [0.25, 0.3) is 0 Å². The number of rotatable bonds is 5. The predicted octanol–water partition coefficient (Wildman–Crippen LogP) is 1.94. The summed E-state index contributed by atoms with van der Waals surface area (Å²) in [6.45, 7) is 1.88. The van der Waals surface area contributed by atoms with Gasteiger partial charge in [-0.15, -0.1) is 22.7 Å². The van der Waals surface area contributed by atoms with Crippen molar-refractivity contribution >= 4 is 56.5 Å². The molecule has 24 heavy (non-hydrogen) atoms. The van der Waals surface area contributed by atoms with E-state index in [0.717, 1.165) is 20.3 Å². The van der Waals surface area contributed by atoms with Crippen LogP contribution in [0, 0.1) is 6.92 Å². The highest BCUT2D eigenvalue weighted by molar-refractivity contribution is 8.00. The minimum atomic E-state index is -0.305. The van der Waals surface area contributed by atoms with Gasteiger partial charge in [-0.2, -0.15) is 0 Å². The van der Waals surface area contributed by atoms with E-state index in [0.29, 0.717) is 5.69 Å². The van der Waals surface area contributed by atoms with E-state index < -0.39 is 0 Å². The lowest BCUT2D eigenvalue weighted by molar-refractivity contribution is -0.127. The molecule has 3 aromatic heterocycles. The zero-order valence-electron chi connectivity index (χ0n) is 12.6. The lowest BCUT2D eigenvalue weighted by atomic mass is 10.3. The molecule has 2 amide bonds. The Bertz CT molecular complexity index is 876. The minimum absolute atomic E-state index is 0.138. The number of aryl methyl sites for hydroxylation is 1. The molecule has 0 aliphatic rings. The SMILES string of the molecule is Cc1nc(CC(=O)NNC(=O)CSc2ncnc3sccc23)cs1. The number of nitrogens with zero attached hydrogens (tertiary/aromatic N) is 3. The molecule has 7 nitrogen and oxygen atoms in total. The van der Waals surface area contributed by atoms with Crippen molar-refractivity contribution in [2.24, 2.45) is 0 Å². The summed E-state index contributed by atoms with van der Waals surface area (Å²) in [5.74, 6) is -0.455. The van der Waals surface area contributed by atoms with Crippen molar-refractivity contribution in [3.8, 4) is 0 Å². The van der Waals surface area contributed by atoms with Crippen molar-refractivity contribution in [1.82, 2.24) is 25.8 Å². The van der Waals surface area contributed by atoms with E-state index >= 15 is 0 Å². The Morgan fingerprint density at radius 1 is 1.21 bits per heavy atom. The van der Waals surface area contributed by atoms with Gasteiger partial charge in [-0.1, -0.05) is 11.8 Å². The third-order valence-corrected chi connectivity index (χ3v) is 5.56. The maximum atomic E-state index is 11.9. The van der Waals surface area contributed by atoms with Gasteiger partial charge in [0.05, 0.1) is 22.9 Å². The molecule has 3 aromatic rings. The monoisotopic (exact) mass is 379 g/mol. The molecule has 0 aliphatic heterocycles. The molecule has 2 N–H and O–H groups in total. The average molecular weight is 379 g/mol. The highest BCUT2D eigenvalue weighted by atomic mass is 32.2. The van der Waals surface area contributed by atoms with E-state index in [1.54, 1.807) is 0 Å². The summed E-state index contributed by atoms with van der Waals surface area (Å²) in [6, 6.07) is 1.93. The number of carbonyl (C=O) groups is 2. The Balaban J connectivity index is 1.46. The van der Waals surface area contributed by atoms with E-state index in [9.17, 15) is 9.59 Å². The Hall–Kier alpha value is -2.04. The van der Waals surface area contributed by atoms with Crippen LogP contribution in [0.3, 0.4) is 0 Å². The molecule has 0 atom stereocenters. The molecule has 3 heterocycles. The van der Waals surface area contributed by atoms with E-state index in [-0.39, 0.29) is 24.0 Å². The van der Waals surface area contributed by atoms with Crippen LogP contribution in [-0.4, -0.2) is 32.5 Å². The summed E-state index contributed by atoms with van der Waals surface area (Å²) in [5, 5.41) is 6.35. The number of thiophene rings is 1. The first kappa shape index (κ1) is 16.8. The predicted molar refractivity (Wildman–Crippen MR) is 95.0 cm³/mol. The van der Waals surface area contributed by atoms with Crippen LogP contribution in [0.4, 0.5) is 0 Å². The van der Waals surface area contributed by atoms with Crippen LogP contribution in [0.5, 0.6) is 0 Å². The summed E-state index contributed by atoms with van der Waals surface area (Å²) in [7, 11) is 0. The number of aromatic nitrogens is 3. The van der Waals surface area contributed by atoms with Gasteiger partial charge < -0.3 is 0 Å². The highest BCUT2D eigenvalue weighted by Gasteiger charge is 2.10. The van der Waals surface area contributed by atoms with Crippen molar-refractivity contribution in [3.63, 3.8) is 0 Å². The summed E-state index contributed by atoms with van der Waals surface area (Å²) < 4.78 is 0. The second-order valence-corrected chi connectivity index (χ2v) is 7.66. The number of hydrogen-bond donors (Lipinski definition) is 2. The molecule has 10 heteroatoms. The van der Waals surface area contributed by atoms with Gasteiger partial charge >= 0.3 is 0 Å². The standard InChI is InChI=1S/C14H13N5O2S3/c1-8-17-9(5-23-8)4-11(20)18-19-12(21)6-24-14-10-2-3-22-13(10)15-7-16-14/h2-3,5,7H,4,6H2,1H3,(H,18,20)(H,19,21). The number of nitrogens with one attached hydrogen (secondary N) is 2. The van der Waals surface area contributed by atoms with Gasteiger partial charge in [-0.3, -0.25) is 20.4 Å². The molecule has 0 fully saturated rings. The minimum Gasteiger partial charge on any atom is -0.273 e. The first-order valence-electron chi connectivity index (χ1n) is 6.91. The largest absolute Gasteiger partial charge is 0.273 e. The lowest BCUT2D eigenvalue weighted by Crippen LogP contribution is -2.43. The van der Waals surface area contributed by atoms with Crippen LogP contribution in [0.25, 0.3) is 10.2 Å². The normalized spacial score (nSPS) is 10.7. The quantitative estimate of drug-likeness (QED) is 0.399. The third-order valence-electron chi connectivity index (χ3n) is 2.91. The number of thioether (sulfide) groups is 1. The van der Waals surface area contributed by atoms with Gasteiger partial charge in [-0.05, 0) is 18.4 Å². The van der Waals surface area contributed by atoms with Gasteiger partial charge in [-0.25, -0.2) is 15.0 Å². The zero-order valence-corrected chi connectivity index (χ0v) is 15.1. The van der Waals surface area contributed by atoms with Crippen molar-refractivity contribution < 1.29 is 9.59 Å². The van der Waals surface area contributed by atoms with Crippen molar-refractivity contribution in [1.29, 1.82) is 0 Å². The number of amides is 2. The summed E-state index contributed by atoms with van der Waals surface area (Å²) in [4.78, 5) is 37.0. The number of thiazole rings is 1. The van der Waals surface area contributed by atoms with Crippen LogP contribution in [0.1, 0.15) is 10.7 Å². The Morgan fingerprint density at radius 2 is 2.04 bits per heavy atom. The maximum absolute atomic E-state index is 11.9. The van der Waals surface area contributed by atoms with E-state index in [4.69, 9.17) is 0 Å². The zero-order chi connectivity index (χ0) is 16.9. The average Bonchev–Trinajstić information content (AvgIpc) is 3.20. The molecule has 0 spiro atoms. The van der Waals surface area contributed by atoms with Gasteiger partial charge in [0.2, 0.25) is 11.8 Å². The van der Waals surface area contributed by atoms with Crippen molar-refractivity contribution in [2.45, 2.75) is 18.4 Å². The second kappa shape index (κ2) is 7.69. The molecule has 0 unspecified atom stereocenters. The Morgan fingerprint density at radius 3 is 2.83 bits per heavy atom. The van der Waals surface area contributed by atoms with E-state index in [1.165, 1.54) is 40.8 Å². The first-order chi connectivity index (χ1) is 11.6. The highest BCUT2D eigenvalue weighted by Crippen LogP contribution is 2.27. The number of hydrazine groups is 1. The number of carbonyl (C=O) groups excluding carboxylic acids is 2. The molecule has 0 aromatic carbocycles.